The van der Waals surface area contributed by atoms with Crippen LogP contribution in [0, 0.1) is 0 Å². The van der Waals surface area contributed by atoms with Gasteiger partial charge in [0, 0.05) is 5.54 Å². The first-order valence-corrected chi connectivity index (χ1v) is 3.57. The Bertz CT molecular complexity index is 96.7. The van der Waals surface area contributed by atoms with E-state index in [-0.39, 0.29) is 5.54 Å². The minimum Gasteiger partial charge on any atom is -0.238 e. The molecule has 0 saturated carbocycles. The molecule has 0 spiro atoms. The molecule has 4 heteroatoms. The Morgan fingerprint density at radius 3 is 1.88 bits per heavy atom. The maximum absolute atomic E-state index is 10.2. The zero-order chi connectivity index (χ0) is 6.78. The van der Waals surface area contributed by atoms with Crippen molar-refractivity contribution >= 4 is 11.2 Å². The average molecular weight is 136 g/mol. The van der Waals surface area contributed by atoms with Crippen LogP contribution in [0.5, 0.6) is 0 Å². The van der Waals surface area contributed by atoms with Crippen LogP contribution in [0.15, 0.2) is 0 Å². The number of hydrogen-bond donors (Lipinski definition) is 2. The predicted molar refractivity (Wildman–Crippen MR) is 35.2 cm³/mol. The van der Waals surface area contributed by atoms with Crippen molar-refractivity contribution in [1.29, 1.82) is 0 Å². The molecule has 0 aromatic heterocycles. The molecule has 0 aromatic carbocycles. The third-order valence-corrected chi connectivity index (χ3v) is 1.22. The quantitative estimate of drug-likeness (QED) is 0.520. The second-order valence-electron chi connectivity index (χ2n) is 2.65. The molecule has 0 aromatic rings. The molecule has 3 N–H and O–H groups in total. The summed E-state index contributed by atoms with van der Waals surface area (Å²) < 4.78 is 12.9. The first kappa shape index (κ1) is 8.07. The van der Waals surface area contributed by atoms with Crippen LogP contribution in [0.4, 0.5) is 0 Å². The van der Waals surface area contributed by atoms with Crippen LogP contribution in [-0.2, 0) is 11.2 Å². The number of rotatable bonds is 1. The van der Waals surface area contributed by atoms with E-state index in [1.54, 1.807) is 0 Å². The summed E-state index contributed by atoms with van der Waals surface area (Å²) in [5.41, 5.74) is -0.153. The first-order chi connectivity index (χ1) is 3.42. The van der Waals surface area contributed by atoms with E-state index < -0.39 is 11.2 Å². The van der Waals surface area contributed by atoms with E-state index >= 15 is 0 Å². The maximum atomic E-state index is 10.2. The van der Waals surface area contributed by atoms with Gasteiger partial charge in [-0.15, -0.1) is 0 Å². The van der Waals surface area contributed by atoms with Gasteiger partial charge in [-0.3, -0.25) is 0 Å². The highest BCUT2D eigenvalue weighted by molar-refractivity contribution is 7.80. The molecule has 0 heterocycles. The summed E-state index contributed by atoms with van der Waals surface area (Å²) in [7, 11) is 0. The van der Waals surface area contributed by atoms with Crippen molar-refractivity contribution in [3.8, 4) is 0 Å². The topological polar surface area (TPSA) is 55.1 Å². The smallest absolute Gasteiger partial charge is 0.164 e. The van der Waals surface area contributed by atoms with Crippen molar-refractivity contribution in [3.63, 3.8) is 0 Å². The highest BCUT2D eigenvalue weighted by Crippen LogP contribution is 1.96. The largest absolute Gasteiger partial charge is 0.238 e. The van der Waals surface area contributed by atoms with Gasteiger partial charge < -0.3 is 0 Å². The van der Waals surface area contributed by atoms with E-state index in [9.17, 15) is 4.21 Å². The summed E-state index contributed by atoms with van der Waals surface area (Å²) in [6.45, 7) is 5.70. The lowest BCUT2D eigenvalue weighted by Crippen LogP contribution is -2.40. The standard InChI is InChI=1S/C4H12N2OS/c1-4(2,3)6-8(5)7/h6H,5H2,1-3H3. The van der Waals surface area contributed by atoms with Gasteiger partial charge >= 0.3 is 0 Å². The van der Waals surface area contributed by atoms with Gasteiger partial charge in [0.25, 0.3) is 0 Å². The Morgan fingerprint density at radius 2 is 1.88 bits per heavy atom. The number of hydrogen-bond acceptors (Lipinski definition) is 1. The Labute approximate surface area is 52.4 Å². The van der Waals surface area contributed by atoms with E-state index in [1.807, 2.05) is 20.8 Å². The van der Waals surface area contributed by atoms with Gasteiger partial charge in [0.1, 0.15) is 0 Å². The zero-order valence-electron chi connectivity index (χ0n) is 5.39. The molecule has 0 aliphatic rings. The summed E-state index contributed by atoms with van der Waals surface area (Å²) in [6.07, 6.45) is 0. The van der Waals surface area contributed by atoms with Crippen molar-refractivity contribution in [2.24, 2.45) is 5.14 Å². The van der Waals surface area contributed by atoms with Gasteiger partial charge in [-0.05, 0) is 20.8 Å². The van der Waals surface area contributed by atoms with Crippen LogP contribution in [0.1, 0.15) is 20.8 Å². The van der Waals surface area contributed by atoms with Crippen molar-refractivity contribution in [2.75, 3.05) is 0 Å². The summed E-state index contributed by atoms with van der Waals surface area (Å²) in [5, 5.41) is 4.94. The zero-order valence-corrected chi connectivity index (χ0v) is 6.21. The SMILES string of the molecule is CC(C)(C)NS(N)=O. The van der Waals surface area contributed by atoms with Gasteiger partial charge in [-0.2, -0.15) is 0 Å². The molecule has 1 atom stereocenters. The van der Waals surface area contributed by atoms with Gasteiger partial charge in [-0.1, -0.05) is 0 Å². The fourth-order valence-electron chi connectivity index (χ4n) is 0.302. The van der Waals surface area contributed by atoms with Crippen LogP contribution in [0.2, 0.25) is 0 Å². The molecule has 0 bridgehead atoms. The van der Waals surface area contributed by atoms with Crippen molar-refractivity contribution in [3.05, 3.63) is 0 Å². The predicted octanol–water partition coefficient (Wildman–Crippen LogP) is -0.0881. The molecule has 0 aliphatic carbocycles. The molecule has 0 aliphatic heterocycles. The van der Waals surface area contributed by atoms with Crippen molar-refractivity contribution < 1.29 is 4.21 Å². The molecule has 0 fully saturated rings. The number of nitrogens with one attached hydrogen (secondary N) is 1. The summed E-state index contributed by atoms with van der Waals surface area (Å²) in [4.78, 5) is 0. The van der Waals surface area contributed by atoms with E-state index in [0.29, 0.717) is 0 Å². The normalized spacial score (nSPS) is 16.0. The van der Waals surface area contributed by atoms with Crippen LogP contribution >= 0.6 is 0 Å². The lowest BCUT2D eigenvalue weighted by molar-refractivity contribution is 0.520. The molecular weight excluding hydrogens is 124 g/mol. The fourth-order valence-corrected chi connectivity index (χ4v) is 0.905. The Morgan fingerprint density at radius 1 is 1.50 bits per heavy atom. The first-order valence-electron chi connectivity index (χ1n) is 2.36. The molecule has 1 unspecified atom stereocenters. The molecule has 8 heavy (non-hydrogen) atoms. The van der Waals surface area contributed by atoms with Crippen molar-refractivity contribution in [2.45, 2.75) is 26.3 Å². The second kappa shape index (κ2) is 2.57. The second-order valence-corrected chi connectivity index (χ2v) is 3.45. The van der Waals surface area contributed by atoms with E-state index in [2.05, 4.69) is 4.72 Å². The van der Waals surface area contributed by atoms with Crippen LogP contribution in [0.25, 0.3) is 0 Å². The summed E-state index contributed by atoms with van der Waals surface area (Å²) >= 11 is -1.39. The summed E-state index contributed by atoms with van der Waals surface area (Å²) in [5.74, 6) is 0. The Balaban J connectivity index is 3.55. The van der Waals surface area contributed by atoms with Gasteiger partial charge in [0.15, 0.2) is 11.2 Å². The highest BCUT2D eigenvalue weighted by atomic mass is 32.2. The Kier molecular flexibility index (Phi) is 2.59. The monoisotopic (exact) mass is 136 g/mol. The van der Waals surface area contributed by atoms with Crippen molar-refractivity contribution in [1.82, 2.24) is 4.72 Å². The molecule has 50 valence electrons. The molecule has 3 nitrogen and oxygen atoms in total. The number of nitrogens with two attached hydrogens (primary N) is 1. The van der Waals surface area contributed by atoms with E-state index in [0.717, 1.165) is 0 Å². The highest BCUT2D eigenvalue weighted by Gasteiger charge is 2.09. The average Bonchev–Trinajstić information content (AvgIpc) is 1.21. The molecular formula is C4H12N2OS. The minimum atomic E-state index is -1.39. The third-order valence-electron chi connectivity index (χ3n) is 0.407. The van der Waals surface area contributed by atoms with Crippen LogP contribution in [0.3, 0.4) is 0 Å². The fraction of sp³-hybridized carbons (Fsp3) is 1.00. The van der Waals surface area contributed by atoms with E-state index in [4.69, 9.17) is 5.14 Å². The summed E-state index contributed by atoms with van der Waals surface area (Å²) in [6, 6.07) is 0. The minimum absolute atomic E-state index is 0.153. The van der Waals surface area contributed by atoms with Gasteiger partial charge in [-0.25, -0.2) is 14.1 Å². The molecule has 0 saturated heterocycles. The lowest BCUT2D eigenvalue weighted by Gasteiger charge is -2.16. The van der Waals surface area contributed by atoms with Gasteiger partial charge in [0.05, 0.1) is 0 Å². The lowest BCUT2D eigenvalue weighted by atomic mass is 10.1. The molecule has 0 radical (unpaired) electrons. The van der Waals surface area contributed by atoms with Crippen LogP contribution in [-0.4, -0.2) is 9.75 Å². The third kappa shape index (κ3) is 6.07. The van der Waals surface area contributed by atoms with Gasteiger partial charge in [0.2, 0.25) is 0 Å². The van der Waals surface area contributed by atoms with Crippen LogP contribution < -0.4 is 9.86 Å². The maximum Gasteiger partial charge on any atom is 0.164 e. The molecule has 0 amide bonds. The van der Waals surface area contributed by atoms with E-state index in [1.165, 1.54) is 0 Å². The Hall–Kier alpha value is 0.0700. The molecule has 0 rings (SSSR count).